The molecule has 0 aliphatic carbocycles. The van der Waals surface area contributed by atoms with Gasteiger partial charge >= 0.3 is 6.18 Å². The first-order valence-electron chi connectivity index (χ1n) is 11.3. The topological polar surface area (TPSA) is 112 Å². The first kappa shape index (κ1) is 27.3. The molecule has 0 bridgehead atoms. The SMILES string of the molecule is NC(=O)c1sc2nc(C(F)(F)F)cc(-c3ccc(F)cc3)c2c1NC(=O)c1ccn(COc2ccc(Br)cc2)n1. The third kappa shape index (κ3) is 5.67. The third-order valence-electron chi connectivity index (χ3n) is 5.62. The number of fused-ring (bicyclic) bond motifs is 1. The van der Waals surface area contributed by atoms with Crippen molar-refractivity contribution in [2.75, 3.05) is 5.32 Å². The van der Waals surface area contributed by atoms with Gasteiger partial charge < -0.3 is 15.8 Å². The fraction of sp³-hybridized carbons (Fsp3) is 0.0769. The van der Waals surface area contributed by atoms with Crippen molar-refractivity contribution >= 4 is 55.0 Å². The zero-order valence-corrected chi connectivity index (χ0v) is 22.4. The summed E-state index contributed by atoms with van der Waals surface area (Å²) in [6, 6.07) is 14.0. The average Bonchev–Trinajstić information content (AvgIpc) is 3.53. The number of pyridine rings is 1. The number of benzene rings is 2. The minimum absolute atomic E-state index is 0.0122. The summed E-state index contributed by atoms with van der Waals surface area (Å²) in [7, 11) is 0. The van der Waals surface area contributed by atoms with E-state index < -0.39 is 29.5 Å². The Balaban J connectivity index is 1.51. The van der Waals surface area contributed by atoms with Crippen LogP contribution in [-0.2, 0) is 12.9 Å². The van der Waals surface area contributed by atoms with Crippen molar-refractivity contribution in [2.45, 2.75) is 12.9 Å². The number of carbonyl (C=O) groups is 2. The number of halogens is 5. The summed E-state index contributed by atoms with van der Waals surface area (Å²) in [6.07, 6.45) is -3.32. The van der Waals surface area contributed by atoms with Crippen molar-refractivity contribution in [1.29, 1.82) is 0 Å². The molecule has 5 aromatic rings. The van der Waals surface area contributed by atoms with Gasteiger partial charge in [0, 0.05) is 16.1 Å². The molecule has 0 spiro atoms. The smallest absolute Gasteiger partial charge is 0.433 e. The van der Waals surface area contributed by atoms with Crippen LogP contribution in [0.5, 0.6) is 5.75 Å². The Morgan fingerprint density at radius 1 is 1.07 bits per heavy atom. The van der Waals surface area contributed by atoms with Crippen LogP contribution in [0.1, 0.15) is 25.9 Å². The number of primary amides is 1. The molecule has 204 valence electrons. The molecule has 0 radical (unpaired) electrons. The van der Waals surface area contributed by atoms with E-state index in [1.54, 1.807) is 24.3 Å². The second kappa shape index (κ2) is 10.7. The number of nitrogens with one attached hydrogen (secondary N) is 1. The molecule has 40 heavy (non-hydrogen) atoms. The predicted molar refractivity (Wildman–Crippen MR) is 143 cm³/mol. The Kier molecular flexibility index (Phi) is 7.29. The molecule has 0 aliphatic heterocycles. The molecule has 3 aromatic heterocycles. The van der Waals surface area contributed by atoms with Crippen LogP contribution in [0.3, 0.4) is 0 Å². The summed E-state index contributed by atoms with van der Waals surface area (Å²) in [5.41, 5.74) is 4.29. The normalized spacial score (nSPS) is 11.5. The van der Waals surface area contributed by atoms with Crippen LogP contribution in [-0.4, -0.2) is 26.6 Å². The Bertz CT molecular complexity index is 1730. The maximum atomic E-state index is 13.7. The molecular formula is C26H16BrF4N5O3S. The monoisotopic (exact) mass is 633 g/mol. The lowest BCUT2D eigenvalue weighted by Gasteiger charge is -2.12. The van der Waals surface area contributed by atoms with E-state index in [0.29, 0.717) is 17.1 Å². The number of aromatic nitrogens is 3. The molecule has 0 saturated heterocycles. The van der Waals surface area contributed by atoms with Crippen LogP contribution < -0.4 is 15.8 Å². The number of alkyl halides is 3. The van der Waals surface area contributed by atoms with Gasteiger partial charge in [-0.15, -0.1) is 11.3 Å². The molecule has 0 aliphatic rings. The van der Waals surface area contributed by atoms with Gasteiger partial charge in [0.05, 0.1) is 5.69 Å². The number of hydrogen-bond donors (Lipinski definition) is 2. The van der Waals surface area contributed by atoms with Crippen molar-refractivity contribution in [1.82, 2.24) is 14.8 Å². The number of nitrogens with two attached hydrogens (primary N) is 1. The van der Waals surface area contributed by atoms with Crippen molar-refractivity contribution in [3.05, 3.63) is 93.4 Å². The quantitative estimate of drug-likeness (QED) is 0.200. The molecule has 0 unspecified atom stereocenters. The van der Waals surface area contributed by atoms with E-state index >= 15 is 0 Å². The first-order valence-corrected chi connectivity index (χ1v) is 12.9. The highest BCUT2D eigenvalue weighted by atomic mass is 79.9. The maximum Gasteiger partial charge on any atom is 0.433 e. The number of amides is 2. The van der Waals surface area contributed by atoms with E-state index in [1.807, 2.05) is 0 Å². The number of ether oxygens (including phenoxy) is 1. The number of rotatable bonds is 7. The van der Waals surface area contributed by atoms with Crippen LogP contribution in [0.15, 0.2) is 71.3 Å². The Morgan fingerprint density at radius 3 is 2.42 bits per heavy atom. The maximum absolute atomic E-state index is 13.7. The van der Waals surface area contributed by atoms with Gasteiger partial charge in [-0.2, -0.15) is 18.3 Å². The summed E-state index contributed by atoms with van der Waals surface area (Å²) < 4.78 is 62.4. The fourth-order valence-corrected chi connectivity index (χ4v) is 5.07. The highest BCUT2D eigenvalue weighted by Gasteiger charge is 2.35. The molecular weight excluding hydrogens is 618 g/mol. The lowest BCUT2D eigenvalue weighted by Crippen LogP contribution is -2.18. The summed E-state index contributed by atoms with van der Waals surface area (Å²) in [6.45, 7) is -0.0122. The number of anilines is 1. The molecule has 3 heterocycles. The Labute approximate surface area is 235 Å². The van der Waals surface area contributed by atoms with Crippen LogP contribution >= 0.6 is 27.3 Å². The second-order valence-corrected chi connectivity index (χ2v) is 10.2. The number of hydrogen-bond acceptors (Lipinski definition) is 6. The molecule has 2 amide bonds. The fourth-order valence-electron chi connectivity index (χ4n) is 3.80. The molecule has 8 nitrogen and oxygen atoms in total. The van der Waals surface area contributed by atoms with E-state index in [9.17, 15) is 27.2 Å². The van der Waals surface area contributed by atoms with Crippen molar-refractivity contribution in [3.63, 3.8) is 0 Å². The van der Waals surface area contributed by atoms with Gasteiger partial charge in [0.15, 0.2) is 12.4 Å². The largest absolute Gasteiger partial charge is 0.471 e. The van der Waals surface area contributed by atoms with Crippen LogP contribution in [0.25, 0.3) is 21.3 Å². The van der Waals surface area contributed by atoms with E-state index in [4.69, 9.17) is 10.5 Å². The van der Waals surface area contributed by atoms with Gasteiger partial charge in [0.25, 0.3) is 11.8 Å². The molecule has 0 atom stereocenters. The second-order valence-electron chi connectivity index (χ2n) is 8.33. The zero-order chi connectivity index (χ0) is 28.6. The molecule has 14 heteroatoms. The summed E-state index contributed by atoms with van der Waals surface area (Å²) >= 11 is 3.93. The highest BCUT2D eigenvalue weighted by molar-refractivity contribution is 9.10. The van der Waals surface area contributed by atoms with E-state index in [1.165, 1.54) is 29.1 Å². The van der Waals surface area contributed by atoms with Crippen molar-refractivity contribution < 1.29 is 31.9 Å². The first-order chi connectivity index (χ1) is 19.0. The Hall–Kier alpha value is -4.30. The Morgan fingerprint density at radius 2 is 1.77 bits per heavy atom. The van der Waals surface area contributed by atoms with Crippen LogP contribution in [0, 0.1) is 5.82 Å². The lowest BCUT2D eigenvalue weighted by molar-refractivity contribution is -0.140. The average molecular weight is 634 g/mol. The molecule has 3 N–H and O–H groups in total. The molecule has 2 aromatic carbocycles. The summed E-state index contributed by atoms with van der Waals surface area (Å²) in [5.74, 6) is -1.76. The molecule has 0 saturated carbocycles. The van der Waals surface area contributed by atoms with E-state index in [-0.39, 0.29) is 44.3 Å². The summed E-state index contributed by atoms with van der Waals surface area (Å²) in [4.78, 5) is 28.7. The van der Waals surface area contributed by atoms with Crippen molar-refractivity contribution in [2.24, 2.45) is 5.73 Å². The van der Waals surface area contributed by atoms with Gasteiger partial charge in [-0.1, -0.05) is 28.1 Å². The van der Waals surface area contributed by atoms with Crippen molar-refractivity contribution in [3.8, 4) is 16.9 Å². The number of thiophene rings is 1. The number of carbonyl (C=O) groups excluding carboxylic acids is 2. The van der Waals surface area contributed by atoms with Gasteiger partial charge in [0.2, 0.25) is 0 Å². The van der Waals surface area contributed by atoms with Gasteiger partial charge in [-0.25, -0.2) is 14.1 Å². The van der Waals surface area contributed by atoms with Crippen LogP contribution in [0.4, 0.5) is 23.2 Å². The zero-order valence-electron chi connectivity index (χ0n) is 20.0. The predicted octanol–water partition coefficient (Wildman–Crippen LogP) is 6.47. The highest BCUT2D eigenvalue weighted by Crippen LogP contribution is 2.43. The lowest BCUT2D eigenvalue weighted by atomic mass is 10.0. The molecule has 0 fully saturated rings. The van der Waals surface area contributed by atoms with Gasteiger partial charge in [-0.3, -0.25) is 9.59 Å². The van der Waals surface area contributed by atoms with E-state index in [0.717, 1.165) is 22.7 Å². The third-order valence-corrected chi connectivity index (χ3v) is 7.25. The minimum atomic E-state index is -4.81. The standard InChI is InChI=1S/C26H16BrF4N5O3S/c27-14-3-7-16(8-4-14)39-12-36-10-9-18(35-36)24(38)34-21-20-17(13-1-5-15(28)6-2-13)11-19(26(29,30)31)33-25(20)40-22(21)23(32)37/h1-11H,12H2,(H2,32,37)(H,34,38). The summed E-state index contributed by atoms with van der Waals surface area (Å²) in [5, 5.41) is 6.77. The van der Waals surface area contributed by atoms with Gasteiger partial charge in [0.1, 0.15) is 27.0 Å². The minimum Gasteiger partial charge on any atom is -0.471 e. The van der Waals surface area contributed by atoms with E-state index in [2.05, 4.69) is 31.3 Å². The van der Waals surface area contributed by atoms with Gasteiger partial charge in [-0.05, 0) is 59.7 Å². The van der Waals surface area contributed by atoms with Crippen LogP contribution in [0.2, 0.25) is 0 Å². The number of nitrogens with zero attached hydrogens (tertiary/aromatic N) is 3. The molecule has 5 rings (SSSR count).